The van der Waals surface area contributed by atoms with Crippen molar-refractivity contribution in [3.63, 3.8) is 0 Å². The van der Waals surface area contributed by atoms with Gasteiger partial charge in [0.15, 0.2) is 5.78 Å². The molecule has 0 heterocycles. The van der Waals surface area contributed by atoms with E-state index < -0.39 is 28.4 Å². The fourth-order valence-electron chi connectivity index (χ4n) is 1.45. The van der Waals surface area contributed by atoms with Gasteiger partial charge in [0, 0.05) is 0 Å². The van der Waals surface area contributed by atoms with Crippen LogP contribution in [0.5, 0.6) is 0 Å². The molecule has 0 fully saturated rings. The Morgan fingerprint density at radius 1 is 1.44 bits per heavy atom. The molecule has 4 nitrogen and oxygen atoms in total. The molecule has 0 spiro atoms. The number of Topliss-reactive ketones (excluding diaryl/α,β-unsaturated/α-hetero) is 1. The number of nitro benzene ring substituents is 1. The first-order valence-electron chi connectivity index (χ1n) is 4.42. The number of carbonyl (C=O) groups is 1. The van der Waals surface area contributed by atoms with Crippen LogP contribution in [0.25, 0.3) is 0 Å². The van der Waals surface area contributed by atoms with Crippen molar-refractivity contribution in [2.45, 2.75) is 20.3 Å². The molecular formula is C10H9F2NO3. The molecule has 1 rings (SSSR count). The molecule has 86 valence electrons. The van der Waals surface area contributed by atoms with Gasteiger partial charge in [-0.15, -0.1) is 0 Å². The molecule has 1 aromatic carbocycles. The second kappa shape index (κ2) is 4.34. The van der Waals surface area contributed by atoms with E-state index >= 15 is 0 Å². The number of carbonyl (C=O) groups excluding carboxylic acids is 1. The number of halogens is 2. The highest BCUT2D eigenvalue weighted by molar-refractivity contribution is 5.98. The highest BCUT2D eigenvalue weighted by atomic mass is 19.3. The summed E-state index contributed by atoms with van der Waals surface area (Å²) in [7, 11) is 0. The van der Waals surface area contributed by atoms with Crippen LogP contribution in [0.4, 0.5) is 14.5 Å². The molecular weight excluding hydrogens is 220 g/mol. The van der Waals surface area contributed by atoms with E-state index in [1.807, 2.05) is 0 Å². The van der Waals surface area contributed by atoms with Gasteiger partial charge in [0.05, 0.1) is 16.1 Å². The lowest BCUT2D eigenvalue weighted by atomic mass is 10.0. The van der Waals surface area contributed by atoms with E-state index in [2.05, 4.69) is 0 Å². The SMILES string of the molecule is CC(=O)c1cc(C)cc(C(F)F)c1[N+](=O)[O-]. The fraction of sp³-hybridized carbons (Fsp3) is 0.300. The van der Waals surface area contributed by atoms with E-state index in [1.54, 1.807) is 0 Å². The molecule has 0 aliphatic heterocycles. The van der Waals surface area contributed by atoms with E-state index in [9.17, 15) is 23.7 Å². The molecule has 0 saturated carbocycles. The average molecular weight is 229 g/mol. The maximum Gasteiger partial charge on any atom is 0.289 e. The molecule has 0 aromatic heterocycles. The van der Waals surface area contributed by atoms with Crippen LogP contribution in [-0.2, 0) is 0 Å². The number of rotatable bonds is 3. The second-order valence-corrected chi connectivity index (χ2v) is 3.36. The number of hydrogen-bond acceptors (Lipinski definition) is 3. The summed E-state index contributed by atoms with van der Waals surface area (Å²) in [5, 5.41) is 10.7. The van der Waals surface area contributed by atoms with E-state index in [0.29, 0.717) is 5.56 Å². The van der Waals surface area contributed by atoms with Gasteiger partial charge in [-0.05, 0) is 31.5 Å². The van der Waals surface area contributed by atoms with Crippen molar-refractivity contribution in [3.8, 4) is 0 Å². The van der Waals surface area contributed by atoms with Crippen molar-refractivity contribution in [2.24, 2.45) is 0 Å². The Hall–Kier alpha value is -1.85. The monoisotopic (exact) mass is 229 g/mol. The first-order valence-corrected chi connectivity index (χ1v) is 4.42. The minimum absolute atomic E-state index is 0.277. The first kappa shape index (κ1) is 12.2. The summed E-state index contributed by atoms with van der Waals surface area (Å²) >= 11 is 0. The average Bonchev–Trinajstić information content (AvgIpc) is 2.15. The van der Waals surface area contributed by atoms with Crippen LogP contribution in [0.1, 0.15) is 34.8 Å². The van der Waals surface area contributed by atoms with Crippen LogP contribution in [0.3, 0.4) is 0 Å². The summed E-state index contributed by atoms with van der Waals surface area (Å²) < 4.78 is 25.2. The van der Waals surface area contributed by atoms with Crippen LogP contribution < -0.4 is 0 Å². The van der Waals surface area contributed by atoms with E-state index in [1.165, 1.54) is 13.0 Å². The zero-order chi connectivity index (χ0) is 12.5. The van der Waals surface area contributed by atoms with Crippen LogP contribution in [0.2, 0.25) is 0 Å². The number of ketones is 1. The van der Waals surface area contributed by atoms with Crippen LogP contribution in [-0.4, -0.2) is 10.7 Å². The van der Waals surface area contributed by atoms with Gasteiger partial charge >= 0.3 is 0 Å². The van der Waals surface area contributed by atoms with Gasteiger partial charge in [-0.2, -0.15) is 0 Å². The number of hydrogen-bond donors (Lipinski definition) is 0. The summed E-state index contributed by atoms with van der Waals surface area (Å²) in [6.45, 7) is 2.61. The third kappa shape index (κ3) is 2.21. The lowest BCUT2D eigenvalue weighted by molar-refractivity contribution is -0.386. The molecule has 0 unspecified atom stereocenters. The lowest BCUT2D eigenvalue weighted by Crippen LogP contribution is -2.05. The second-order valence-electron chi connectivity index (χ2n) is 3.36. The van der Waals surface area contributed by atoms with Gasteiger partial charge in [0.1, 0.15) is 0 Å². The van der Waals surface area contributed by atoms with Crippen molar-refractivity contribution in [1.29, 1.82) is 0 Å². The van der Waals surface area contributed by atoms with Gasteiger partial charge in [-0.25, -0.2) is 8.78 Å². The number of alkyl halides is 2. The predicted octanol–water partition coefficient (Wildman–Crippen LogP) is 3.04. The largest absolute Gasteiger partial charge is 0.294 e. The zero-order valence-electron chi connectivity index (χ0n) is 8.66. The highest BCUT2D eigenvalue weighted by Crippen LogP contribution is 2.33. The van der Waals surface area contributed by atoms with Crippen LogP contribution >= 0.6 is 0 Å². The van der Waals surface area contributed by atoms with Gasteiger partial charge in [-0.3, -0.25) is 14.9 Å². The smallest absolute Gasteiger partial charge is 0.289 e. The fourth-order valence-corrected chi connectivity index (χ4v) is 1.45. The van der Waals surface area contributed by atoms with Crippen molar-refractivity contribution in [2.75, 3.05) is 0 Å². The number of aryl methyl sites for hydroxylation is 1. The highest BCUT2D eigenvalue weighted by Gasteiger charge is 2.27. The van der Waals surface area contributed by atoms with Gasteiger partial charge in [0.25, 0.3) is 12.1 Å². The number of benzene rings is 1. The molecule has 0 saturated heterocycles. The molecule has 0 bridgehead atoms. The van der Waals surface area contributed by atoms with E-state index in [0.717, 1.165) is 13.0 Å². The van der Waals surface area contributed by atoms with Crippen molar-refractivity contribution in [1.82, 2.24) is 0 Å². The molecule has 0 N–H and O–H groups in total. The molecule has 16 heavy (non-hydrogen) atoms. The van der Waals surface area contributed by atoms with Crippen LogP contribution in [0.15, 0.2) is 12.1 Å². The summed E-state index contributed by atoms with van der Waals surface area (Å²) in [5.41, 5.74) is -1.39. The standard InChI is InChI=1S/C10H9F2NO3/c1-5-3-7(6(2)14)9(13(15)16)8(4-5)10(11)12/h3-4,10H,1-2H3. The summed E-state index contributed by atoms with van der Waals surface area (Å²) in [6.07, 6.45) is -2.97. The maximum absolute atomic E-state index is 12.6. The normalized spacial score (nSPS) is 10.6. The Kier molecular flexibility index (Phi) is 3.31. The molecule has 6 heteroatoms. The Balaban J connectivity index is 3.60. The summed E-state index contributed by atoms with van der Waals surface area (Å²) in [4.78, 5) is 20.9. The number of nitro groups is 1. The Labute approximate surface area is 90.0 Å². The summed E-state index contributed by atoms with van der Waals surface area (Å²) in [5.74, 6) is -0.600. The quantitative estimate of drug-likeness (QED) is 0.454. The predicted molar refractivity (Wildman–Crippen MR) is 52.8 cm³/mol. The van der Waals surface area contributed by atoms with Gasteiger partial charge in [-0.1, -0.05) is 0 Å². The molecule has 1 aromatic rings. The van der Waals surface area contributed by atoms with Gasteiger partial charge < -0.3 is 0 Å². The Bertz CT molecular complexity index is 458. The minimum atomic E-state index is -2.97. The zero-order valence-corrected chi connectivity index (χ0v) is 8.66. The van der Waals surface area contributed by atoms with Crippen LogP contribution in [0, 0.1) is 17.0 Å². The van der Waals surface area contributed by atoms with E-state index in [-0.39, 0.29) is 5.56 Å². The topological polar surface area (TPSA) is 60.2 Å². The molecule has 0 aliphatic carbocycles. The molecule has 0 amide bonds. The first-order chi connectivity index (χ1) is 7.34. The molecule has 0 radical (unpaired) electrons. The lowest BCUT2D eigenvalue weighted by Gasteiger charge is -2.06. The maximum atomic E-state index is 12.6. The van der Waals surface area contributed by atoms with Crippen molar-refractivity contribution in [3.05, 3.63) is 38.9 Å². The Morgan fingerprint density at radius 2 is 2.00 bits per heavy atom. The minimum Gasteiger partial charge on any atom is -0.294 e. The molecule has 0 atom stereocenters. The Morgan fingerprint density at radius 3 is 2.38 bits per heavy atom. The van der Waals surface area contributed by atoms with E-state index in [4.69, 9.17) is 0 Å². The van der Waals surface area contributed by atoms with Gasteiger partial charge in [0.2, 0.25) is 0 Å². The van der Waals surface area contributed by atoms with Crippen molar-refractivity contribution < 1.29 is 18.5 Å². The number of nitrogens with zero attached hydrogens (tertiary/aromatic N) is 1. The molecule has 0 aliphatic rings. The third-order valence-corrected chi connectivity index (χ3v) is 2.08. The third-order valence-electron chi connectivity index (χ3n) is 2.08. The summed E-state index contributed by atoms with van der Waals surface area (Å²) in [6, 6.07) is 2.27. The van der Waals surface area contributed by atoms with Crippen molar-refractivity contribution >= 4 is 11.5 Å².